The number of nitrogens with two attached hydrogens (primary N) is 1. The Morgan fingerprint density at radius 3 is 2.50 bits per heavy atom. The van der Waals surface area contributed by atoms with Crippen LogP contribution in [0.1, 0.15) is 24.3 Å². The van der Waals surface area contributed by atoms with E-state index >= 15 is 0 Å². The molecule has 1 saturated carbocycles. The number of benzene rings is 1. The molecule has 0 amide bonds. The summed E-state index contributed by atoms with van der Waals surface area (Å²) < 4.78 is 0. The predicted octanol–water partition coefficient (Wildman–Crippen LogP) is 3.21. The van der Waals surface area contributed by atoms with Gasteiger partial charge < -0.3 is 5.73 Å². The largest absolute Gasteiger partial charge is 0.383 e. The van der Waals surface area contributed by atoms with E-state index < -0.39 is 0 Å². The fourth-order valence-electron chi connectivity index (χ4n) is 2.00. The van der Waals surface area contributed by atoms with Gasteiger partial charge in [-0.3, -0.25) is 0 Å². The molecule has 3 rings (SSSR count). The Labute approximate surface area is 95.1 Å². The van der Waals surface area contributed by atoms with Gasteiger partial charge in [-0.2, -0.15) is 0 Å². The minimum atomic E-state index is 0.649. The molecule has 0 bridgehead atoms. The van der Waals surface area contributed by atoms with E-state index in [2.05, 4.69) is 23.2 Å². The Morgan fingerprint density at radius 2 is 1.81 bits per heavy atom. The molecule has 1 aliphatic carbocycles. The van der Waals surface area contributed by atoms with Crippen molar-refractivity contribution in [3.05, 3.63) is 48.2 Å². The Bertz CT molecular complexity index is 501. The van der Waals surface area contributed by atoms with Gasteiger partial charge in [-0.05, 0) is 36.0 Å². The third kappa shape index (κ3) is 1.67. The van der Waals surface area contributed by atoms with Crippen molar-refractivity contribution in [3.63, 3.8) is 0 Å². The summed E-state index contributed by atoms with van der Waals surface area (Å²) >= 11 is 0. The lowest BCUT2D eigenvalue weighted by Gasteiger charge is -2.06. The lowest BCUT2D eigenvalue weighted by molar-refractivity contribution is 1.10. The molecule has 0 saturated heterocycles. The standard InChI is InChI=1S/C14H14N2/c15-14-13(11-6-7-11)8-12(9-16-14)10-4-2-1-3-5-10/h1-5,8-9,11H,6-7H2,(H2,15,16). The number of aromatic nitrogens is 1. The number of rotatable bonds is 2. The second-order valence-electron chi connectivity index (χ2n) is 4.34. The highest BCUT2D eigenvalue weighted by Gasteiger charge is 2.26. The van der Waals surface area contributed by atoms with Gasteiger partial charge in [0.25, 0.3) is 0 Å². The summed E-state index contributed by atoms with van der Waals surface area (Å²) in [6, 6.07) is 12.5. The molecule has 0 unspecified atom stereocenters. The highest BCUT2D eigenvalue weighted by atomic mass is 14.8. The minimum Gasteiger partial charge on any atom is -0.383 e. The van der Waals surface area contributed by atoms with Crippen LogP contribution >= 0.6 is 0 Å². The van der Waals surface area contributed by atoms with Crippen molar-refractivity contribution in [1.82, 2.24) is 4.98 Å². The summed E-state index contributed by atoms with van der Waals surface area (Å²) in [5.41, 5.74) is 9.49. The molecule has 0 aliphatic heterocycles. The molecule has 1 aromatic carbocycles. The fraction of sp³-hybridized carbons (Fsp3) is 0.214. The van der Waals surface area contributed by atoms with E-state index in [0.29, 0.717) is 11.7 Å². The van der Waals surface area contributed by atoms with Gasteiger partial charge >= 0.3 is 0 Å². The quantitative estimate of drug-likeness (QED) is 0.826. The molecule has 1 aromatic heterocycles. The van der Waals surface area contributed by atoms with Crippen LogP contribution in [0.2, 0.25) is 0 Å². The Hall–Kier alpha value is -1.83. The minimum absolute atomic E-state index is 0.649. The van der Waals surface area contributed by atoms with Gasteiger partial charge in [-0.15, -0.1) is 0 Å². The molecule has 1 heterocycles. The molecule has 2 N–H and O–H groups in total. The van der Waals surface area contributed by atoms with Gasteiger partial charge in [-0.1, -0.05) is 30.3 Å². The molecule has 2 nitrogen and oxygen atoms in total. The first-order valence-electron chi connectivity index (χ1n) is 5.65. The van der Waals surface area contributed by atoms with E-state index in [0.717, 1.165) is 5.56 Å². The summed E-state index contributed by atoms with van der Waals surface area (Å²) in [5.74, 6) is 1.35. The second kappa shape index (κ2) is 3.63. The van der Waals surface area contributed by atoms with Crippen molar-refractivity contribution in [3.8, 4) is 11.1 Å². The molecule has 0 spiro atoms. The average Bonchev–Trinajstić information content (AvgIpc) is 3.15. The first kappa shape index (κ1) is 9.40. The zero-order valence-corrected chi connectivity index (χ0v) is 9.06. The molecule has 2 aromatic rings. The number of nitrogen functional groups attached to an aromatic ring is 1. The maximum Gasteiger partial charge on any atom is 0.126 e. The Morgan fingerprint density at radius 1 is 1.06 bits per heavy atom. The highest BCUT2D eigenvalue weighted by Crippen LogP contribution is 2.43. The molecular weight excluding hydrogens is 196 g/mol. The lowest BCUT2D eigenvalue weighted by Crippen LogP contribution is -1.96. The highest BCUT2D eigenvalue weighted by molar-refractivity contribution is 5.65. The summed E-state index contributed by atoms with van der Waals surface area (Å²) in [5, 5.41) is 0. The number of nitrogens with zero attached hydrogens (tertiary/aromatic N) is 1. The first-order chi connectivity index (χ1) is 7.84. The van der Waals surface area contributed by atoms with Crippen molar-refractivity contribution in [2.45, 2.75) is 18.8 Å². The van der Waals surface area contributed by atoms with Crippen LogP contribution in [0.5, 0.6) is 0 Å². The number of hydrogen-bond acceptors (Lipinski definition) is 2. The van der Waals surface area contributed by atoms with E-state index in [4.69, 9.17) is 5.73 Å². The molecule has 80 valence electrons. The molecule has 1 fully saturated rings. The van der Waals surface area contributed by atoms with Gasteiger partial charge in [0.2, 0.25) is 0 Å². The van der Waals surface area contributed by atoms with Gasteiger partial charge in [0, 0.05) is 11.8 Å². The zero-order valence-electron chi connectivity index (χ0n) is 9.06. The van der Waals surface area contributed by atoms with Gasteiger partial charge in [0.1, 0.15) is 5.82 Å². The van der Waals surface area contributed by atoms with Crippen LogP contribution in [0.25, 0.3) is 11.1 Å². The van der Waals surface area contributed by atoms with E-state index in [1.54, 1.807) is 0 Å². The molecule has 16 heavy (non-hydrogen) atoms. The molecule has 0 radical (unpaired) electrons. The molecule has 2 heteroatoms. The van der Waals surface area contributed by atoms with E-state index in [1.807, 2.05) is 24.4 Å². The number of pyridine rings is 1. The smallest absolute Gasteiger partial charge is 0.126 e. The van der Waals surface area contributed by atoms with E-state index in [-0.39, 0.29) is 0 Å². The lowest BCUT2D eigenvalue weighted by atomic mass is 10.0. The van der Waals surface area contributed by atoms with Crippen LogP contribution in [0.15, 0.2) is 42.6 Å². The SMILES string of the molecule is Nc1ncc(-c2ccccc2)cc1C1CC1. The maximum atomic E-state index is 5.90. The number of anilines is 1. The van der Waals surface area contributed by atoms with Crippen LogP contribution in [-0.2, 0) is 0 Å². The molecule has 0 atom stereocenters. The normalized spacial score (nSPS) is 15.0. The zero-order chi connectivity index (χ0) is 11.0. The van der Waals surface area contributed by atoms with Crippen molar-refractivity contribution >= 4 is 5.82 Å². The van der Waals surface area contributed by atoms with Crippen LogP contribution in [0, 0.1) is 0 Å². The van der Waals surface area contributed by atoms with Crippen molar-refractivity contribution < 1.29 is 0 Å². The summed E-state index contributed by atoms with van der Waals surface area (Å²) in [7, 11) is 0. The first-order valence-corrected chi connectivity index (χ1v) is 5.65. The summed E-state index contributed by atoms with van der Waals surface area (Å²) in [6.45, 7) is 0. The van der Waals surface area contributed by atoms with Crippen molar-refractivity contribution in [2.24, 2.45) is 0 Å². The predicted molar refractivity (Wildman–Crippen MR) is 66.1 cm³/mol. The Balaban J connectivity index is 2.05. The third-order valence-electron chi connectivity index (χ3n) is 3.07. The molecular formula is C14H14N2. The topological polar surface area (TPSA) is 38.9 Å². The second-order valence-corrected chi connectivity index (χ2v) is 4.34. The van der Waals surface area contributed by atoms with Crippen LogP contribution in [0.4, 0.5) is 5.82 Å². The number of hydrogen-bond donors (Lipinski definition) is 1. The van der Waals surface area contributed by atoms with Gasteiger partial charge in [0.05, 0.1) is 0 Å². The fourth-order valence-corrected chi connectivity index (χ4v) is 2.00. The summed E-state index contributed by atoms with van der Waals surface area (Å²) in [4.78, 5) is 4.29. The van der Waals surface area contributed by atoms with Gasteiger partial charge in [0.15, 0.2) is 0 Å². The van der Waals surface area contributed by atoms with Crippen LogP contribution in [-0.4, -0.2) is 4.98 Å². The monoisotopic (exact) mass is 210 g/mol. The summed E-state index contributed by atoms with van der Waals surface area (Å²) in [6.07, 6.45) is 4.37. The maximum absolute atomic E-state index is 5.90. The third-order valence-corrected chi connectivity index (χ3v) is 3.07. The van der Waals surface area contributed by atoms with Gasteiger partial charge in [-0.25, -0.2) is 4.98 Å². The van der Waals surface area contributed by atoms with Crippen LogP contribution < -0.4 is 5.73 Å². The van der Waals surface area contributed by atoms with Crippen molar-refractivity contribution in [1.29, 1.82) is 0 Å². The Kier molecular flexibility index (Phi) is 2.13. The van der Waals surface area contributed by atoms with E-state index in [1.165, 1.54) is 24.0 Å². The molecule has 1 aliphatic rings. The average molecular weight is 210 g/mol. The van der Waals surface area contributed by atoms with Crippen molar-refractivity contribution in [2.75, 3.05) is 5.73 Å². The van der Waals surface area contributed by atoms with E-state index in [9.17, 15) is 0 Å². The van der Waals surface area contributed by atoms with Crippen LogP contribution in [0.3, 0.4) is 0 Å².